The highest BCUT2D eigenvalue weighted by Crippen LogP contribution is 2.24. The summed E-state index contributed by atoms with van der Waals surface area (Å²) in [5.74, 6) is -5.52. The molecule has 0 aliphatic rings. The first-order valence-corrected chi connectivity index (χ1v) is 5.70. The zero-order chi connectivity index (χ0) is 15.1. The number of hydrogen-bond acceptors (Lipinski definition) is 3. The van der Waals surface area contributed by atoms with Crippen molar-refractivity contribution in [3.8, 4) is 11.4 Å². The second-order valence-electron chi connectivity index (χ2n) is 4.20. The van der Waals surface area contributed by atoms with Crippen molar-refractivity contribution >= 4 is 17.1 Å². The van der Waals surface area contributed by atoms with E-state index in [-0.39, 0.29) is 28.1 Å². The average molecular weight is 293 g/mol. The fraction of sp³-hybridized carbons (Fsp3) is 0. The molecule has 8 heteroatoms. The van der Waals surface area contributed by atoms with Crippen LogP contribution in [0.15, 0.2) is 24.4 Å². The molecule has 5 nitrogen and oxygen atoms in total. The number of carboxylic acids is 1. The van der Waals surface area contributed by atoms with Crippen molar-refractivity contribution in [2.45, 2.75) is 0 Å². The van der Waals surface area contributed by atoms with Crippen molar-refractivity contribution in [3.05, 3.63) is 47.4 Å². The summed E-state index contributed by atoms with van der Waals surface area (Å²) >= 11 is 0. The number of hydrogen-bond donors (Lipinski definition) is 2. The molecule has 21 heavy (non-hydrogen) atoms. The third-order valence-corrected chi connectivity index (χ3v) is 2.88. The van der Waals surface area contributed by atoms with Crippen LogP contribution in [0.1, 0.15) is 10.4 Å². The van der Waals surface area contributed by atoms with Gasteiger partial charge in [0.1, 0.15) is 5.82 Å². The fourth-order valence-electron chi connectivity index (χ4n) is 1.92. The van der Waals surface area contributed by atoms with Crippen LogP contribution in [0, 0.1) is 17.5 Å². The van der Waals surface area contributed by atoms with Crippen LogP contribution in [0.4, 0.5) is 13.2 Å². The Kier molecular flexibility index (Phi) is 2.86. The van der Waals surface area contributed by atoms with E-state index in [0.29, 0.717) is 0 Å². The summed E-state index contributed by atoms with van der Waals surface area (Å²) in [6.07, 6.45) is 1.25. The van der Waals surface area contributed by atoms with Gasteiger partial charge in [-0.15, -0.1) is 0 Å². The van der Waals surface area contributed by atoms with Gasteiger partial charge in [-0.3, -0.25) is 0 Å². The Hall–Kier alpha value is -2.90. The molecule has 0 saturated heterocycles. The molecule has 0 spiro atoms. The predicted molar refractivity (Wildman–Crippen MR) is 66.2 cm³/mol. The van der Waals surface area contributed by atoms with Crippen LogP contribution in [0.25, 0.3) is 22.6 Å². The van der Waals surface area contributed by atoms with E-state index in [1.54, 1.807) is 0 Å². The number of carbonyl (C=O) groups is 1. The highest BCUT2D eigenvalue weighted by Gasteiger charge is 2.17. The zero-order valence-electron chi connectivity index (χ0n) is 10.2. The molecule has 0 bridgehead atoms. The van der Waals surface area contributed by atoms with Crippen LogP contribution in [0.2, 0.25) is 0 Å². The molecular formula is C13H6F3N3O2. The lowest BCUT2D eigenvalue weighted by Gasteiger charge is -1.99. The number of nitrogens with one attached hydrogen (secondary N) is 1. The van der Waals surface area contributed by atoms with E-state index >= 15 is 0 Å². The summed E-state index contributed by atoms with van der Waals surface area (Å²) in [5.41, 5.74) is 0.0581. The van der Waals surface area contributed by atoms with E-state index in [1.807, 2.05) is 0 Å². The summed E-state index contributed by atoms with van der Waals surface area (Å²) in [6, 6.07) is 2.78. The van der Waals surface area contributed by atoms with Crippen molar-refractivity contribution in [1.29, 1.82) is 0 Å². The van der Waals surface area contributed by atoms with Crippen LogP contribution >= 0.6 is 0 Å². The molecule has 106 valence electrons. The molecule has 0 radical (unpaired) electrons. The minimum Gasteiger partial charge on any atom is -0.478 e. The number of imidazole rings is 1. The molecule has 0 atom stereocenters. The Morgan fingerprint density at radius 1 is 1.19 bits per heavy atom. The van der Waals surface area contributed by atoms with Gasteiger partial charge in [0, 0.05) is 11.8 Å². The highest BCUT2D eigenvalue weighted by molar-refractivity contribution is 6.00. The second kappa shape index (κ2) is 4.58. The maximum atomic E-state index is 13.2. The van der Waals surface area contributed by atoms with Gasteiger partial charge in [0.05, 0.1) is 11.1 Å². The van der Waals surface area contributed by atoms with Crippen LogP contribution in [0.3, 0.4) is 0 Å². The number of pyridine rings is 1. The summed E-state index contributed by atoms with van der Waals surface area (Å²) in [6.45, 7) is 0. The number of aromatic nitrogens is 3. The molecule has 0 aliphatic carbocycles. The number of aromatic amines is 1. The molecule has 3 rings (SSSR count). The minimum absolute atomic E-state index is 0.0102. The topological polar surface area (TPSA) is 78.9 Å². The number of rotatable bonds is 2. The number of benzene rings is 1. The van der Waals surface area contributed by atoms with E-state index < -0.39 is 23.4 Å². The van der Waals surface area contributed by atoms with E-state index in [9.17, 15) is 18.0 Å². The molecule has 0 saturated carbocycles. The molecule has 2 heterocycles. The summed E-state index contributed by atoms with van der Waals surface area (Å²) < 4.78 is 39.4. The van der Waals surface area contributed by atoms with Crippen molar-refractivity contribution < 1.29 is 23.1 Å². The summed E-state index contributed by atoms with van der Waals surface area (Å²) in [4.78, 5) is 21.5. The Balaban J connectivity index is 2.22. The SMILES string of the molecule is O=C(O)c1ccnc2nc(-c3cc(F)c(F)c(F)c3)[nH]c12. The van der Waals surface area contributed by atoms with Crippen molar-refractivity contribution in [1.82, 2.24) is 15.0 Å². The predicted octanol–water partition coefficient (Wildman–Crippen LogP) is 2.74. The Morgan fingerprint density at radius 2 is 1.86 bits per heavy atom. The molecule has 2 aromatic heterocycles. The van der Waals surface area contributed by atoms with Gasteiger partial charge in [-0.2, -0.15) is 0 Å². The number of halogens is 3. The lowest BCUT2D eigenvalue weighted by molar-refractivity contribution is 0.0698. The average Bonchev–Trinajstić information content (AvgIpc) is 2.87. The Bertz CT molecular complexity index is 853. The molecule has 2 N–H and O–H groups in total. The van der Waals surface area contributed by atoms with Crippen LogP contribution in [0.5, 0.6) is 0 Å². The standard InChI is InChI=1S/C13H6F3N3O2/c14-7-3-5(4-8(15)9(7)16)11-18-10-6(13(20)21)1-2-17-12(10)19-11/h1-4H,(H,20,21)(H,17,18,19). The van der Waals surface area contributed by atoms with Gasteiger partial charge >= 0.3 is 5.97 Å². The normalized spacial score (nSPS) is 11.0. The van der Waals surface area contributed by atoms with Gasteiger partial charge in [-0.05, 0) is 18.2 Å². The van der Waals surface area contributed by atoms with E-state index in [0.717, 1.165) is 12.1 Å². The maximum absolute atomic E-state index is 13.2. The lowest BCUT2D eigenvalue weighted by atomic mass is 10.2. The summed E-state index contributed by atoms with van der Waals surface area (Å²) in [7, 11) is 0. The van der Waals surface area contributed by atoms with Gasteiger partial charge in [0.25, 0.3) is 0 Å². The van der Waals surface area contributed by atoms with Crippen LogP contribution in [-0.2, 0) is 0 Å². The molecule has 0 fully saturated rings. The molecule has 3 aromatic rings. The van der Waals surface area contributed by atoms with E-state index in [2.05, 4.69) is 15.0 Å². The summed E-state index contributed by atoms with van der Waals surface area (Å²) in [5, 5.41) is 9.04. The van der Waals surface area contributed by atoms with Crippen molar-refractivity contribution in [3.63, 3.8) is 0 Å². The molecule has 0 unspecified atom stereocenters. The number of aromatic carboxylic acids is 1. The first kappa shape index (κ1) is 13.1. The van der Waals surface area contributed by atoms with E-state index in [1.165, 1.54) is 12.3 Å². The monoisotopic (exact) mass is 293 g/mol. The maximum Gasteiger partial charge on any atom is 0.338 e. The molecule has 1 aromatic carbocycles. The fourth-order valence-corrected chi connectivity index (χ4v) is 1.92. The van der Waals surface area contributed by atoms with Crippen molar-refractivity contribution in [2.24, 2.45) is 0 Å². The minimum atomic E-state index is -1.58. The number of nitrogens with zero attached hydrogens (tertiary/aromatic N) is 2. The molecule has 0 amide bonds. The smallest absolute Gasteiger partial charge is 0.338 e. The van der Waals surface area contributed by atoms with Gasteiger partial charge < -0.3 is 10.1 Å². The first-order valence-electron chi connectivity index (χ1n) is 5.70. The quantitative estimate of drug-likeness (QED) is 0.712. The second-order valence-corrected chi connectivity index (χ2v) is 4.20. The molecular weight excluding hydrogens is 287 g/mol. The van der Waals surface area contributed by atoms with Gasteiger partial charge in [0.2, 0.25) is 0 Å². The Labute approximate surface area is 115 Å². The first-order chi connectivity index (χ1) is 9.97. The van der Waals surface area contributed by atoms with Crippen LogP contribution < -0.4 is 0 Å². The lowest BCUT2D eigenvalue weighted by Crippen LogP contribution is -1.97. The van der Waals surface area contributed by atoms with Gasteiger partial charge in [-0.25, -0.2) is 27.9 Å². The zero-order valence-corrected chi connectivity index (χ0v) is 10.2. The number of H-pyrrole nitrogens is 1. The third kappa shape index (κ3) is 2.10. The van der Waals surface area contributed by atoms with Gasteiger partial charge in [-0.1, -0.05) is 0 Å². The Morgan fingerprint density at radius 3 is 2.48 bits per heavy atom. The number of carboxylic acid groups (broad SMARTS) is 1. The van der Waals surface area contributed by atoms with Gasteiger partial charge in [0.15, 0.2) is 23.1 Å². The third-order valence-electron chi connectivity index (χ3n) is 2.88. The largest absolute Gasteiger partial charge is 0.478 e. The van der Waals surface area contributed by atoms with Crippen LogP contribution in [-0.4, -0.2) is 26.0 Å². The highest BCUT2D eigenvalue weighted by atomic mass is 19.2. The van der Waals surface area contributed by atoms with E-state index in [4.69, 9.17) is 5.11 Å². The number of fused-ring (bicyclic) bond motifs is 1. The molecule has 0 aliphatic heterocycles. The van der Waals surface area contributed by atoms with Crippen molar-refractivity contribution in [2.75, 3.05) is 0 Å².